The Morgan fingerprint density at radius 1 is 1.00 bits per heavy atom. The molecule has 50 heavy (non-hydrogen) atoms. The maximum Gasteiger partial charge on any atom is 0.227 e. The normalized spacial score (nSPS) is 24.0. The zero-order valence-electron chi connectivity index (χ0n) is 32.1. The minimum atomic E-state index is -3.48. The van der Waals surface area contributed by atoms with Crippen molar-refractivity contribution in [2.24, 2.45) is 39.9 Å². The summed E-state index contributed by atoms with van der Waals surface area (Å²) in [6.07, 6.45) is 12.9. The molecule has 2 aliphatic carbocycles. The number of sulfone groups is 1. The fourth-order valence-corrected chi connectivity index (χ4v) is 10.2. The van der Waals surface area contributed by atoms with Gasteiger partial charge in [-0.1, -0.05) is 60.0 Å². The highest BCUT2D eigenvalue weighted by Crippen LogP contribution is 2.65. The molecule has 8 nitrogen and oxygen atoms in total. The smallest absolute Gasteiger partial charge is 0.227 e. The fraction of sp³-hybridized carbons (Fsp3) is 0.780. The van der Waals surface area contributed by atoms with E-state index in [1.54, 1.807) is 31.7 Å². The third kappa shape index (κ3) is 9.63. The number of allylic oxidation sites excluding steroid dienone is 1. The van der Waals surface area contributed by atoms with E-state index in [1.807, 2.05) is 20.8 Å². The number of piperidine rings is 1. The van der Waals surface area contributed by atoms with E-state index in [-0.39, 0.29) is 79.0 Å². The van der Waals surface area contributed by atoms with Gasteiger partial charge in [-0.15, -0.1) is 18.9 Å². The van der Waals surface area contributed by atoms with Gasteiger partial charge in [-0.3, -0.25) is 24.0 Å². The molecule has 1 amide bonds. The van der Waals surface area contributed by atoms with Crippen molar-refractivity contribution < 1.29 is 32.4 Å². The minimum absolute atomic E-state index is 0.0295. The second kappa shape index (κ2) is 16.0. The Balaban J connectivity index is 1.86. The number of carbonyl (C=O) groups is 5. The summed E-state index contributed by atoms with van der Waals surface area (Å²) >= 11 is 0. The van der Waals surface area contributed by atoms with Crippen LogP contribution in [0.1, 0.15) is 139 Å². The molecule has 5 atom stereocenters. The van der Waals surface area contributed by atoms with Crippen molar-refractivity contribution in [3.63, 3.8) is 0 Å². The summed E-state index contributed by atoms with van der Waals surface area (Å²) in [5.41, 5.74) is -1.41. The van der Waals surface area contributed by atoms with E-state index in [4.69, 9.17) is 6.42 Å². The summed E-state index contributed by atoms with van der Waals surface area (Å²) in [4.78, 5) is 70.5. The van der Waals surface area contributed by atoms with Crippen molar-refractivity contribution in [3.05, 3.63) is 12.7 Å². The quantitative estimate of drug-likeness (QED) is 0.0641. The lowest BCUT2D eigenvalue weighted by Crippen LogP contribution is -2.51. The van der Waals surface area contributed by atoms with Gasteiger partial charge in [0.2, 0.25) is 11.7 Å². The molecule has 1 heterocycles. The first-order valence-corrected chi connectivity index (χ1v) is 20.4. The van der Waals surface area contributed by atoms with Crippen molar-refractivity contribution in [1.82, 2.24) is 4.90 Å². The SMILES string of the molecule is C#CCCC(CC(=O)[C@@H]1[C@@H]2C(CN1C(=O)[C@@H](CC(=O)CC1(CS(=O)(=O)C(C)(C)C)CCCCC1)C(C)(C)C)C2(C)C)C(=O)C(=O)CCCC=C. The summed E-state index contributed by atoms with van der Waals surface area (Å²) in [5.74, 6) is -0.726. The van der Waals surface area contributed by atoms with Crippen LogP contribution in [-0.4, -0.2) is 65.4 Å². The Hall–Kier alpha value is -2.60. The molecule has 0 N–H and O–H groups in total. The summed E-state index contributed by atoms with van der Waals surface area (Å²) in [7, 11) is -3.48. The third-order valence-electron chi connectivity index (χ3n) is 12.1. The van der Waals surface area contributed by atoms with Gasteiger partial charge in [-0.2, -0.15) is 0 Å². The van der Waals surface area contributed by atoms with E-state index in [0.29, 0.717) is 32.2 Å². The van der Waals surface area contributed by atoms with Crippen molar-refractivity contribution >= 4 is 38.9 Å². The first-order chi connectivity index (χ1) is 23.0. The molecule has 3 aliphatic rings. The Morgan fingerprint density at radius 2 is 1.62 bits per heavy atom. The average molecular weight is 714 g/mol. The van der Waals surface area contributed by atoms with Crippen LogP contribution >= 0.6 is 0 Å². The molecule has 0 aromatic rings. The monoisotopic (exact) mass is 713 g/mol. The van der Waals surface area contributed by atoms with Gasteiger partial charge in [0.15, 0.2) is 21.4 Å². The lowest BCUT2D eigenvalue weighted by atomic mass is 9.70. The van der Waals surface area contributed by atoms with Gasteiger partial charge in [0.1, 0.15) is 5.78 Å². The van der Waals surface area contributed by atoms with Crippen LogP contribution in [-0.2, 0) is 33.8 Å². The summed E-state index contributed by atoms with van der Waals surface area (Å²) in [6.45, 7) is 19.1. The predicted octanol–water partition coefficient (Wildman–Crippen LogP) is 7.13. The Bertz CT molecular complexity index is 1460. The van der Waals surface area contributed by atoms with Gasteiger partial charge < -0.3 is 4.90 Å². The maximum absolute atomic E-state index is 14.6. The van der Waals surface area contributed by atoms with Gasteiger partial charge >= 0.3 is 0 Å². The summed E-state index contributed by atoms with van der Waals surface area (Å²) < 4.78 is 25.8. The maximum atomic E-state index is 14.6. The second-order valence-electron chi connectivity index (χ2n) is 18.2. The average Bonchev–Trinajstić information content (AvgIpc) is 3.31. The van der Waals surface area contributed by atoms with Gasteiger partial charge in [-0.05, 0) is 81.0 Å². The van der Waals surface area contributed by atoms with E-state index in [1.165, 1.54) is 0 Å². The Kier molecular flexibility index (Phi) is 13.4. The highest BCUT2D eigenvalue weighted by molar-refractivity contribution is 7.92. The molecule has 0 radical (unpaired) electrons. The number of likely N-dealkylation sites (tertiary alicyclic amines) is 1. The van der Waals surface area contributed by atoms with Crippen LogP contribution in [0.15, 0.2) is 12.7 Å². The molecule has 1 aliphatic heterocycles. The summed E-state index contributed by atoms with van der Waals surface area (Å²) in [6, 6.07) is -0.749. The molecular formula is C41H63NO7S. The number of rotatable bonds is 18. The molecule has 0 aromatic heterocycles. The number of carbonyl (C=O) groups excluding carboxylic acids is 5. The largest absolute Gasteiger partial charge is 0.332 e. The minimum Gasteiger partial charge on any atom is -0.332 e. The van der Waals surface area contributed by atoms with Gasteiger partial charge in [-0.25, -0.2) is 8.42 Å². The molecule has 2 saturated carbocycles. The number of fused-ring (bicyclic) bond motifs is 1. The molecule has 0 bridgehead atoms. The van der Waals surface area contributed by atoms with Crippen LogP contribution < -0.4 is 0 Å². The van der Waals surface area contributed by atoms with Crippen LogP contribution in [0, 0.1) is 52.3 Å². The highest BCUT2D eigenvalue weighted by Gasteiger charge is 2.69. The molecule has 0 aromatic carbocycles. The zero-order valence-corrected chi connectivity index (χ0v) is 32.9. The molecular weight excluding hydrogens is 651 g/mol. The predicted molar refractivity (Wildman–Crippen MR) is 198 cm³/mol. The second-order valence-corrected chi connectivity index (χ2v) is 21.0. The molecule has 2 unspecified atom stereocenters. The topological polar surface area (TPSA) is 123 Å². The van der Waals surface area contributed by atoms with Crippen LogP contribution in [0.3, 0.4) is 0 Å². The van der Waals surface area contributed by atoms with Crippen LogP contribution in [0.4, 0.5) is 0 Å². The first-order valence-electron chi connectivity index (χ1n) is 18.7. The van der Waals surface area contributed by atoms with Crippen molar-refractivity contribution in [3.8, 4) is 12.3 Å². The van der Waals surface area contributed by atoms with Crippen molar-refractivity contribution in [2.75, 3.05) is 12.3 Å². The van der Waals surface area contributed by atoms with E-state index in [2.05, 4.69) is 26.3 Å². The van der Waals surface area contributed by atoms with Crippen molar-refractivity contribution in [2.45, 2.75) is 150 Å². The zero-order chi connectivity index (χ0) is 37.9. The lowest BCUT2D eigenvalue weighted by molar-refractivity contribution is -0.148. The van der Waals surface area contributed by atoms with Crippen LogP contribution in [0.5, 0.6) is 0 Å². The van der Waals surface area contributed by atoms with E-state index in [0.717, 1.165) is 19.3 Å². The number of amides is 1. The number of terminal acetylenes is 1. The molecule has 9 heteroatoms. The summed E-state index contributed by atoms with van der Waals surface area (Å²) in [5, 5.41) is 0. The Labute approximate surface area is 302 Å². The number of unbranched alkanes of at least 4 members (excludes halogenated alkanes) is 1. The molecule has 3 rings (SSSR count). The fourth-order valence-electron chi connectivity index (χ4n) is 8.56. The van der Waals surface area contributed by atoms with Gasteiger partial charge in [0.05, 0.1) is 16.5 Å². The number of nitrogens with zero attached hydrogens (tertiary/aromatic N) is 1. The number of hydrogen-bond acceptors (Lipinski definition) is 7. The van der Waals surface area contributed by atoms with E-state index < -0.39 is 54.9 Å². The molecule has 280 valence electrons. The third-order valence-corrected chi connectivity index (χ3v) is 14.9. The van der Waals surface area contributed by atoms with Crippen LogP contribution in [0.25, 0.3) is 0 Å². The number of hydrogen-bond donors (Lipinski definition) is 0. The molecule has 1 saturated heterocycles. The number of ketones is 4. The van der Waals surface area contributed by atoms with E-state index >= 15 is 0 Å². The lowest BCUT2D eigenvalue weighted by Gasteiger charge is -2.40. The highest BCUT2D eigenvalue weighted by atomic mass is 32.2. The van der Waals surface area contributed by atoms with Crippen molar-refractivity contribution in [1.29, 1.82) is 0 Å². The molecule has 0 spiro atoms. The van der Waals surface area contributed by atoms with Gasteiger partial charge in [0.25, 0.3) is 0 Å². The van der Waals surface area contributed by atoms with E-state index in [9.17, 15) is 32.4 Å². The standard InChI is InChI=1S/C41H63NO7S/c1-11-13-16-20-32(44)36(46)28(19-14-12-2)23-33(45)35-34-31(40(34,9)10)26-42(35)37(47)30(38(3,4)5)24-29(43)25-41(21-17-15-18-22-41)27-50(48,49)39(6,7)8/h2,11,28,30-31,34-35H,1,13-27H2,3-10H3/t28?,30-,31?,34+,35-/m1/s1. The van der Waals surface area contributed by atoms with Crippen LogP contribution in [0.2, 0.25) is 0 Å². The Morgan fingerprint density at radius 3 is 2.16 bits per heavy atom. The molecule has 3 fully saturated rings. The number of Topliss-reactive ketones (excluding diaryl/α,β-unsaturated/α-hetero) is 4. The van der Waals surface area contributed by atoms with Gasteiger partial charge in [0, 0.05) is 50.5 Å². The first kappa shape index (κ1) is 41.8.